The number of carbonyl (C=O) groups is 2. The first-order valence-electron chi connectivity index (χ1n) is 12.3. The minimum absolute atomic E-state index is 0.00105. The minimum Gasteiger partial charge on any atom is -0.334 e. The summed E-state index contributed by atoms with van der Waals surface area (Å²) < 4.78 is 0. The van der Waals surface area contributed by atoms with E-state index in [2.05, 4.69) is 39.2 Å². The Balaban J connectivity index is 1.46. The molecule has 3 fully saturated rings. The van der Waals surface area contributed by atoms with Gasteiger partial charge in [0.05, 0.1) is 11.6 Å². The van der Waals surface area contributed by atoms with E-state index in [0.29, 0.717) is 19.6 Å². The second-order valence-corrected chi connectivity index (χ2v) is 9.89. The highest BCUT2D eigenvalue weighted by molar-refractivity contribution is 5.77. The van der Waals surface area contributed by atoms with Crippen molar-refractivity contribution in [1.82, 2.24) is 24.9 Å². The summed E-state index contributed by atoms with van der Waals surface area (Å²) in [5.41, 5.74) is 0.967. The number of amides is 3. The molecule has 1 unspecified atom stereocenters. The molecule has 1 aromatic carbocycles. The van der Waals surface area contributed by atoms with Crippen LogP contribution in [-0.2, 0) is 4.79 Å². The van der Waals surface area contributed by atoms with Crippen molar-refractivity contribution in [2.75, 3.05) is 59.4 Å². The highest BCUT2D eigenvalue weighted by atomic mass is 16.2. The van der Waals surface area contributed by atoms with Crippen molar-refractivity contribution < 1.29 is 9.59 Å². The number of nitrogens with one attached hydrogen (secondary N) is 1. The second-order valence-electron chi connectivity index (χ2n) is 9.89. The Kier molecular flexibility index (Phi) is 7.36. The first-order chi connectivity index (χ1) is 15.5. The number of piperazine rings is 2. The summed E-state index contributed by atoms with van der Waals surface area (Å²) in [4.78, 5) is 34.6. The predicted molar refractivity (Wildman–Crippen MR) is 126 cm³/mol. The summed E-state index contributed by atoms with van der Waals surface area (Å²) >= 11 is 0. The maximum Gasteiger partial charge on any atom is 0.318 e. The van der Waals surface area contributed by atoms with E-state index in [1.54, 1.807) is 6.92 Å². The third-order valence-electron chi connectivity index (χ3n) is 7.64. The van der Waals surface area contributed by atoms with Gasteiger partial charge in [0.1, 0.15) is 0 Å². The Hall–Kier alpha value is -2.12. The fourth-order valence-electron chi connectivity index (χ4n) is 5.73. The molecule has 2 aliphatic heterocycles. The van der Waals surface area contributed by atoms with Crippen molar-refractivity contribution in [3.8, 4) is 0 Å². The van der Waals surface area contributed by atoms with Crippen molar-refractivity contribution >= 4 is 11.9 Å². The van der Waals surface area contributed by atoms with Gasteiger partial charge in [0, 0.05) is 59.3 Å². The van der Waals surface area contributed by atoms with Gasteiger partial charge in [-0.25, -0.2) is 4.79 Å². The van der Waals surface area contributed by atoms with Gasteiger partial charge < -0.3 is 20.0 Å². The van der Waals surface area contributed by atoms with Crippen molar-refractivity contribution in [3.63, 3.8) is 0 Å². The molecule has 32 heavy (non-hydrogen) atoms. The number of rotatable bonds is 4. The molecule has 0 radical (unpaired) electrons. The van der Waals surface area contributed by atoms with Crippen LogP contribution in [0.15, 0.2) is 30.3 Å². The molecule has 2 heterocycles. The zero-order valence-corrected chi connectivity index (χ0v) is 19.8. The van der Waals surface area contributed by atoms with E-state index in [0.717, 1.165) is 64.0 Å². The van der Waals surface area contributed by atoms with Crippen molar-refractivity contribution in [2.24, 2.45) is 0 Å². The highest BCUT2D eigenvalue weighted by Crippen LogP contribution is 2.36. The van der Waals surface area contributed by atoms with Gasteiger partial charge in [-0.15, -0.1) is 0 Å². The summed E-state index contributed by atoms with van der Waals surface area (Å²) in [6.07, 6.45) is 5.49. The van der Waals surface area contributed by atoms with Gasteiger partial charge in [-0.05, 0) is 25.5 Å². The Morgan fingerprint density at radius 3 is 2.31 bits per heavy atom. The van der Waals surface area contributed by atoms with Crippen LogP contribution >= 0.6 is 0 Å². The number of urea groups is 1. The number of benzene rings is 1. The first-order valence-corrected chi connectivity index (χ1v) is 12.3. The summed E-state index contributed by atoms with van der Waals surface area (Å²) in [5, 5.41) is 3.36. The van der Waals surface area contributed by atoms with Crippen LogP contribution in [0.2, 0.25) is 0 Å². The van der Waals surface area contributed by atoms with Crippen molar-refractivity contribution in [3.05, 3.63) is 35.9 Å². The van der Waals surface area contributed by atoms with Crippen LogP contribution in [0.1, 0.15) is 50.6 Å². The molecule has 1 aliphatic carbocycles. The number of hydrogen-bond acceptors (Lipinski definition) is 4. The SMILES string of the molecule is CC(=O)N1CCN(C(=O)NC(CN2CCN(C)CC2)c2ccccc2)CC12CCCCC2. The number of nitrogens with zero attached hydrogens (tertiary/aromatic N) is 4. The van der Waals surface area contributed by atoms with Gasteiger partial charge in [-0.1, -0.05) is 49.6 Å². The molecule has 1 aromatic rings. The minimum atomic E-state index is -0.181. The van der Waals surface area contributed by atoms with Crippen LogP contribution in [-0.4, -0.2) is 96.5 Å². The smallest absolute Gasteiger partial charge is 0.318 e. The molecule has 1 atom stereocenters. The fraction of sp³-hybridized carbons (Fsp3) is 0.680. The molecule has 7 heteroatoms. The molecule has 7 nitrogen and oxygen atoms in total. The highest BCUT2D eigenvalue weighted by Gasteiger charge is 2.45. The van der Waals surface area contributed by atoms with E-state index in [1.165, 1.54) is 6.42 Å². The lowest BCUT2D eigenvalue weighted by atomic mass is 9.78. The fourth-order valence-corrected chi connectivity index (χ4v) is 5.73. The zero-order valence-electron chi connectivity index (χ0n) is 19.8. The zero-order chi connectivity index (χ0) is 22.6. The number of likely N-dealkylation sites (N-methyl/N-ethyl adjacent to an activating group) is 1. The standard InChI is InChI=1S/C25H39N5O2/c1-21(31)30-18-17-29(20-25(30)11-7-4-8-12-25)24(32)26-23(22-9-5-3-6-10-22)19-28-15-13-27(2)14-16-28/h3,5-6,9-10,23H,4,7-8,11-20H2,1-2H3,(H,26,32). The summed E-state index contributed by atoms with van der Waals surface area (Å²) in [6.45, 7) is 8.55. The summed E-state index contributed by atoms with van der Waals surface area (Å²) in [5.74, 6) is 0.143. The quantitative estimate of drug-likeness (QED) is 0.780. The Morgan fingerprint density at radius 2 is 1.66 bits per heavy atom. The first kappa shape index (κ1) is 23.1. The van der Waals surface area contributed by atoms with E-state index >= 15 is 0 Å². The lowest BCUT2D eigenvalue weighted by molar-refractivity contribution is -0.141. The van der Waals surface area contributed by atoms with Crippen LogP contribution in [0, 0.1) is 0 Å². The molecule has 1 N–H and O–H groups in total. The monoisotopic (exact) mass is 441 g/mol. The second kappa shape index (κ2) is 10.2. The van der Waals surface area contributed by atoms with Gasteiger partial charge in [-0.2, -0.15) is 0 Å². The largest absolute Gasteiger partial charge is 0.334 e. The molecular weight excluding hydrogens is 402 g/mol. The summed E-state index contributed by atoms with van der Waals surface area (Å²) in [6, 6.07) is 10.3. The molecule has 4 rings (SSSR count). The topological polar surface area (TPSA) is 59.1 Å². The van der Waals surface area contributed by atoms with Gasteiger partial charge in [0.2, 0.25) is 5.91 Å². The van der Waals surface area contributed by atoms with E-state index in [4.69, 9.17) is 0 Å². The van der Waals surface area contributed by atoms with Crippen LogP contribution in [0.25, 0.3) is 0 Å². The molecule has 0 aromatic heterocycles. The predicted octanol–water partition coefficient (Wildman–Crippen LogP) is 2.55. The molecule has 0 bridgehead atoms. The Morgan fingerprint density at radius 1 is 0.969 bits per heavy atom. The molecule has 176 valence electrons. The lowest BCUT2D eigenvalue weighted by Gasteiger charge is -2.52. The van der Waals surface area contributed by atoms with E-state index in [1.807, 2.05) is 23.1 Å². The molecule has 3 amide bonds. The third-order valence-corrected chi connectivity index (χ3v) is 7.64. The van der Waals surface area contributed by atoms with Crippen molar-refractivity contribution in [2.45, 2.75) is 50.6 Å². The van der Waals surface area contributed by atoms with Crippen LogP contribution in [0.3, 0.4) is 0 Å². The van der Waals surface area contributed by atoms with E-state index < -0.39 is 0 Å². The van der Waals surface area contributed by atoms with E-state index in [-0.39, 0.29) is 23.5 Å². The van der Waals surface area contributed by atoms with Gasteiger partial charge in [0.25, 0.3) is 0 Å². The molecular formula is C25H39N5O2. The molecule has 1 saturated carbocycles. The van der Waals surface area contributed by atoms with E-state index in [9.17, 15) is 9.59 Å². The normalized spacial score (nSPS) is 23.2. The maximum absolute atomic E-state index is 13.5. The van der Waals surface area contributed by atoms with Gasteiger partial charge in [-0.3, -0.25) is 9.69 Å². The van der Waals surface area contributed by atoms with Gasteiger partial charge in [0.15, 0.2) is 0 Å². The number of carbonyl (C=O) groups excluding carboxylic acids is 2. The third kappa shape index (κ3) is 5.26. The lowest BCUT2D eigenvalue weighted by Crippen LogP contribution is -2.66. The molecule has 3 aliphatic rings. The van der Waals surface area contributed by atoms with Crippen LogP contribution in [0.5, 0.6) is 0 Å². The average Bonchev–Trinajstić information content (AvgIpc) is 2.81. The Labute approximate surface area is 192 Å². The van der Waals surface area contributed by atoms with Crippen molar-refractivity contribution in [1.29, 1.82) is 0 Å². The van der Waals surface area contributed by atoms with Crippen LogP contribution in [0.4, 0.5) is 4.79 Å². The van der Waals surface area contributed by atoms with Crippen LogP contribution < -0.4 is 5.32 Å². The Bertz CT molecular complexity index is 772. The average molecular weight is 442 g/mol. The summed E-state index contributed by atoms with van der Waals surface area (Å²) in [7, 11) is 2.16. The maximum atomic E-state index is 13.5. The van der Waals surface area contributed by atoms with Gasteiger partial charge >= 0.3 is 6.03 Å². The number of hydrogen-bond donors (Lipinski definition) is 1. The molecule has 1 spiro atoms. The molecule has 2 saturated heterocycles.